The molecule has 4 nitrogen and oxygen atoms in total. The Kier molecular flexibility index (Phi) is 3.28. The zero-order valence-corrected chi connectivity index (χ0v) is 10.8. The third kappa shape index (κ3) is 2.39. The maximum absolute atomic E-state index is 11.7. The molecular formula is C12H11BrN2O2. The topological polar surface area (TPSA) is 54.9 Å². The van der Waals surface area contributed by atoms with Gasteiger partial charge in [-0.3, -0.25) is 14.7 Å². The van der Waals surface area contributed by atoms with Gasteiger partial charge in [0.25, 0.3) is 11.1 Å². The molecule has 0 saturated heterocycles. The second kappa shape index (κ2) is 4.71. The molecule has 1 heterocycles. The first-order valence-corrected chi connectivity index (χ1v) is 6.02. The Balaban J connectivity index is 2.72. The van der Waals surface area contributed by atoms with Crippen LogP contribution in [0.25, 0.3) is 5.69 Å². The molecular weight excluding hydrogens is 284 g/mol. The van der Waals surface area contributed by atoms with Crippen LogP contribution in [0.4, 0.5) is 0 Å². The summed E-state index contributed by atoms with van der Waals surface area (Å²) in [5.41, 5.74) is 1.15. The molecule has 5 heteroatoms. The molecule has 0 fully saturated rings. The van der Waals surface area contributed by atoms with E-state index >= 15 is 0 Å². The van der Waals surface area contributed by atoms with Gasteiger partial charge in [0.1, 0.15) is 0 Å². The molecule has 2 rings (SSSR count). The molecule has 2 aromatic rings. The second-order valence-corrected chi connectivity index (χ2v) is 4.53. The van der Waals surface area contributed by atoms with E-state index in [0.717, 1.165) is 16.5 Å². The zero-order chi connectivity index (χ0) is 12.4. The molecule has 0 amide bonds. The molecule has 1 N–H and O–H groups in total. The Morgan fingerprint density at radius 1 is 1.24 bits per heavy atom. The summed E-state index contributed by atoms with van der Waals surface area (Å²) >= 11 is 3.38. The van der Waals surface area contributed by atoms with E-state index in [4.69, 9.17) is 0 Å². The van der Waals surface area contributed by atoms with Crippen molar-refractivity contribution in [3.63, 3.8) is 0 Å². The molecule has 0 atom stereocenters. The second-order valence-electron chi connectivity index (χ2n) is 3.61. The average molecular weight is 295 g/mol. The number of aromatic nitrogens is 2. The van der Waals surface area contributed by atoms with Crippen LogP contribution < -0.4 is 11.1 Å². The number of nitrogens with zero attached hydrogens (tertiary/aromatic N) is 1. The molecule has 0 aliphatic rings. The summed E-state index contributed by atoms with van der Waals surface area (Å²) < 4.78 is 2.22. The van der Waals surface area contributed by atoms with Crippen LogP contribution in [0.15, 0.2) is 44.4 Å². The maximum Gasteiger partial charge on any atom is 0.269 e. The molecule has 0 saturated carbocycles. The van der Waals surface area contributed by atoms with Gasteiger partial charge in [-0.1, -0.05) is 22.9 Å². The van der Waals surface area contributed by atoms with Gasteiger partial charge < -0.3 is 0 Å². The quantitative estimate of drug-likeness (QED) is 0.919. The van der Waals surface area contributed by atoms with Crippen LogP contribution in [0.1, 0.15) is 12.5 Å². The lowest BCUT2D eigenvalue weighted by molar-refractivity contribution is 0.775. The fourth-order valence-corrected chi connectivity index (χ4v) is 2.07. The summed E-state index contributed by atoms with van der Waals surface area (Å²) in [5.74, 6) is 0. The van der Waals surface area contributed by atoms with Crippen molar-refractivity contribution < 1.29 is 0 Å². The minimum atomic E-state index is -0.297. The van der Waals surface area contributed by atoms with Crippen molar-refractivity contribution in [2.45, 2.75) is 13.3 Å². The van der Waals surface area contributed by atoms with Gasteiger partial charge in [-0.05, 0) is 30.2 Å². The van der Waals surface area contributed by atoms with E-state index in [0.29, 0.717) is 5.69 Å². The van der Waals surface area contributed by atoms with Crippen LogP contribution in [0.5, 0.6) is 0 Å². The van der Waals surface area contributed by atoms with Gasteiger partial charge in [0.15, 0.2) is 0 Å². The van der Waals surface area contributed by atoms with Crippen molar-refractivity contribution in [3.8, 4) is 5.69 Å². The SMILES string of the molecule is CCc1cc(Br)ccc1-n1[nH]c(=O)ccc1=O. The van der Waals surface area contributed by atoms with Gasteiger partial charge in [0.05, 0.1) is 5.69 Å². The Bertz CT molecular complexity index is 658. The Morgan fingerprint density at radius 2 is 2.00 bits per heavy atom. The lowest BCUT2D eigenvalue weighted by atomic mass is 10.1. The molecule has 0 aliphatic carbocycles. The number of hydrogen-bond acceptors (Lipinski definition) is 2. The van der Waals surface area contributed by atoms with Crippen LogP contribution >= 0.6 is 15.9 Å². The Labute approximate surface area is 106 Å². The highest BCUT2D eigenvalue weighted by molar-refractivity contribution is 9.10. The van der Waals surface area contributed by atoms with E-state index in [-0.39, 0.29) is 11.1 Å². The van der Waals surface area contributed by atoms with Crippen LogP contribution in [0, 0.1) is 0 Å². The first kappa shape index (κ1) is 11.9. The fourth-order valence-electron chi connectivity index (χ4n) is 1.66. The van der Waals surface area contributed by atoms with E-state index in [1.165, 1.54) is 16.8 Å². The van der Waals surface area contributed by atoms with Crippen molar-refractivity contribution in [2.24, 2.45) is 0 Å². The highest BCUT2D eigenvalue weighted by atomic mass is 79.9. The first-order valence-electron chi connectivity index (χ1n) is 5.23. The van der Waals surface area contributed by atoms with E-state index in [9.17, 15) is 9.59 Å². The summed E-state index contributed by atoms with van der Waals surface area (Å²) in [4.78, 5) is 23.0. The number of H-pyrrole nitrogens is 1. The number of benzene rings is 1. The number of nitrogens with one attached hydrogen (secondary N) is 1. The molecule has 1 aromatic heterocycles. The maximum atomic E-state index is 11.7. The van der Waals surface area contributed by atoms with E-state index in [1.807, 2.05) is 19.1 Å². The standard InChI is InChI=1S/C12H11BrN2O2/c1-2-8-7-9(13)3-4-10(8)15-12(17)6-5-11(16)14-15/h3-7H,2H2,1H3,(H,14,16). The molecule has 0 unspecified atom stereocenters. The molecule has 1 aromatic carbocycles. The van der Waals surface area contributed by atoms with Crippen LogP contribution in [-0.4, -0.2) is 9.78 Å². The average Bonchev–Trinajstić information content (AvgIpc) is 2.32. The number of aryl methyl sites for hydroxylation is 1. The minimum absolute atomic E-state index is 0.248. The van der Waals surface area contributed by atoms with Crippen LogP contribution in [0.2, 0.25) is 0 Å². The summed E-state index contributed by atoms with van der Waals surface area (Å²) in [7, 11) is 0. The Hall–Kier alpha value is -1.62. The number of hydrogen-bond donors (Lipinski definition) is 1. The predicted octanol–water partition coefficient (Wildman–Crippen LogP) is 1.85. The number of rotatable bonds is 2. The summed E-state index contributed by atoms with van der Waals surface area (Å²) in [6.45, 7) is 2.00. The normalized spacial score (nSPS) is 10.5. The Morgan fingerprint density at radius 3 is 2.71 bits per heavy atom. The largest absolute Gasteiger partial charge is 0.269 e. The summed E-state index contributed by atoms with van der Waals surface area (Å²) in [6, 6.07) is 8.07. The van der Waals surface area contributed by atoms with Crippen molar-refractivity contribution >= 4 is 15.9 Å². The molecule has 0 spiro atoms. The van der Waals surface area contributed by atoms with E-state index in [2.05, 4.69) is 21.0 Å². The van der Waals surface area contributed by atoms with Gasteiger partial charge in [-0.2, -0.15) is 0 Å². The molecule has 0 radical (unpaired) electrons. The lowest BCUT2D eigenvalue weighted by Crippen LogP contribution is -2.27. The van der Waals surface area contributed by atoms with Gasteiger partial charge >= 0.3 is 0 Å². The van der Waals surface area contributed by atoms with Crippen molar-refractivity contribution in [3.05, 3.63) is 61.1 Å². The van der Waals surface area contributed by atoms with Crippen LogP contribution in [0.3, 0.4) is 0 Å². The van der Waals surface area contributed by atoms with Gasteiger partial charge in [0.2, 0.25) is 0 Å². The third-order valence-electron chi connectivity index (χ3n) is 2.48. The third-order valence-corrected chi connectivity index (χ3v) is 2.98. The van der Waals surface area contributed by atoms with Crippen molar-refractivity contribution in [2.75, 3.05) is 0 Å². The predicted molar refractivity (Wildman–Crippen MR) is 69.7 cm³/mol. The lowest BCUT2D eigenvalue weighted by Gasteiger charge is -2.10. The summed E-state index contributed by atoms with van der Waals surface area (Å²) in [6.07, 6.45) is 0.776. The van der Waals surface area contributed by atoms with E-state index in [1.54, 1.807) is 6.07 Å². The summed E-state index contributed by atoms with van der Waals surface area (Å²) in [5, 5.41) is 2.52. The molecule has 88 valence electrons. The van der Waals surface area contributed by atoms with Crippen molar-refractivity contribution in [1.29, 1.82) is 0 Å². The smallest absolute Gasteiger partial charge is 0.268 e. The first-order chi connectivity index (χ1) is 8.11. The highest BCUT2D eigenvalue weighted by Crippen LogP contribution is 2.18. The van der Waals surface area contributed by atoms with Crippen LogP contribution in [-0.2, 0) is 6.42 Å². The molecule has 0 aliphatic heterocycles. The number of halogens is 1. The van der Waals surface area contributed by atoms with Gasteiger partial charge in [0, 0.05) is 16.6 Å². The molecule has 17 heavy (non-hydrogen) atoms. The highest BCUT2D eigenvalue weighted by Gasteiger charge is 2.06. The van der Waals surface area contributed by atoms with Gasteiger partial charge in [-0.25, -0.2) is 4.68 Å². The van der Waals surface area contributed by atoms with Crippen molar-refractivity contribution in [1.82, 2.24) is 9.78 Å². The van der Waals surface area contributed by atoms with E-state index < -0.39 is 0 Å². The fraction of sp³-hybridized carbons (Fsp3) is 0.167. The van der Waals surface area contributed by atoms with Gasteiger partial charge in [-0.15, -0.1) is 0 Å². The zero-order valence-electron chi connectivity index (χ0n) is 9.24. The molecule has 0 bridgehead atoms. The number of aromatic amines is 1. The minimum Gasteiger partial charge on any atom is -0.268 e. The monoisotopic (exact) mass is 294 g/mol.